The highest BCUT2D eigenvalue weighted by Gasteiger charge is 2.26. The lowest BCUT2D eigenvalue weighted by Crippen LogP contribution is -2.45. The number of carbonyl (C=O) groups excluding carboxylic acids is 1. The van der Waals surface area contributed by atoms with Gasteiger partial charge in [0.15, 0.2) is 0 Å². The number of amides is 1. The molecule has 0 spiro atoms. The maximum absolute atomic E-state index is 11.3. The Bertz CT molecular complexity index is 416. The first-order chi connectivity index (χ1) is 7.92. The number of hydrogen-bond acceptors (Lipinski definition) is 5. The van der Waals surface area contributed by atoms with E-state index in [0.29, 0.717) is 5.82 Å². The Labute approximate surface area is 101 Å². The van der Waals surface area contributed by atoms with Gasteiger partial charge in [0.2, 0.25) is 5.91 Å². The molecule has 1 heterocycles. The minimum absolute atomic E-state index is 0.427. The van der Waals surface area contributed by atoms with Gasteiger partial charge in [-0.15, -0.1) is 0 Å². The van der Waals surface area contributed by atoms with E-state index in [1.54, 1.807) is 20.9 Å². The molecule has 1 aromatic heterocycles. The van der Waals surface area contributed by atoms with Crippen LogP contribution in [0.4, 0.5) is 11.6 Å². The number of anilines is 2. The third-order valence-corrected chi connectivity index (χ3v) is 2.58. The van der Waals surface area contributed by atoms with Gasteiger partial charge in [0, 0.05) is 12.6 Å². The predicted octanol–water partition coefficient (Wildman–Crippen LogP) is 0.756. The van der Waals surface area contributed by atoms with Gasteiger partial charge in [-0.25, -0.2) is 9.97 Å². The molecule has 0 unspecified atom stereocenters. The van der Waals surface area contributed by atoms with E-state index >= 15 is 0 Å². The topological polar surface area (TPSA) is 92.9 Å². The average molecular weight is 237 g/mol. The molecule has 94 valence electrons. The summed E-state index contributed by atoms with van der Waals surface area (Å²) < 4.78 is 0. The number of nitrogens with zero attached hydrogens (tertiary/aromatic N) is 2. The van der Waals surface area contributed by atoms with Gasteiger partial charge in [-0.2, -0.15) is 0 Å². The van der Waals surface area contributed by atoms with Crippen molar-refractivity contribution < 1.29 is 4.79 Å². The van der Waals surface area contributed by atoms with Gasteiger partial charge in [0.25, 0.3) is 0 Å². The lowest BCUT2D eigenvalue weighted by atomic mass is 10.0. The van der Waals surface area contributed by atoms with Crippen molar-refractivity contribution in [2.45, 2.75) is 32.7 Å². The van der Waals surface area contributed by atoms with E-state index in [1.165, 1.54) is 6.33 Å². The van der Waals surface area contributed by atoms with E-state index in [0.717, 1.165) is 17.8 Å². The van der Waals surface area contributed by atoms with Crippen molar-refractivity contribution in [2.75, 3.05) is 17.7 Å². The molecule has 0 fully saturated rings. The molecule has 6 heteroatoms. The van der Waals surface area contributed by atoms with Gasteiger partial charge in [0.05, 0.1) is 0 Å². The summed E-state index contributed by atoms with van der Waals surface area (Å²) >= 11 is 0. The van der Waals surface area contributed by atoms with Gasteiger partial charge in [0.1, 0.15) is 23.5 Å². The Morgan fingerprint density at radius 3 is 2.47 bits per heavy atom. The molecule has 0 aliphatic heterocycles. The van der Waals surface area contributed by atoms with Crippen molar-refractivity contribution in [3.63, 3.8) is 0 Å². The molecular formula is C11H19N5O. The Morgan fingerprint density at radius 1 is 1.41 bits per heavy atom. The Hall–Kier alpha value is -1.85. The third-order valence-electron chi connectivity index (χ3n) is 2.58. The fraction of sp³-hybridized carbons (Fsp3) is 0.545. The highest BCUT2D eigenvalue weighted by Crippen LogP contribution is 2.22. The maximum Gasteiger partial charge on any atom is 0.242 e. The summed E-state index contributed by atoms with van der Waals surface area (Å²) in [6, 6.07) is 0. The average Bonchev–Trinajstić information content (AvgIpc) is 2.27. The summed E-state index contributed by atoms with van der Waals surface area (Å²) in [7, 11) is 1.80. The number of hydrogen-bond donors (Lipinski definition) is 3. The third kappa shape index (κ3) is 2.83. The summed E-state index contributed by atoms with van der Waals surface area (Å²) in [6.45, 7) is 5.44. The minimum atomic E-state index is -0.844. The monoisotopic (exact) mass is 237 g/mol. The van der Waals surface area contributed by atoms with Crippen LogP contribution in [-0.4, -0.2) is 28.5 Å². The van der Waals surface area contributed by atoms with Crippen LogP contribution in [0.5, 0.6) is 0 Å². The molecule has 0 atom stereocenters. The Kier molecular flexibility index (Phi) is 3.88. The van der Waals surface area contributed by atoms with Crippen molar-refractivity contribution in [2.24, 2.45) is 5.73 Å². The molecule has 0 saturated carbocycles. The van der Waals surface area contributed by atoms with Crippen LogP contribution in [-0.2, 0) is 11.2 Å². The second-order valence-electron chi connectivity index (χ2n) is 4.27. The summed E-state index contributed by atoms with van der Waals surface area (Å²) in [5, 5.41) is 6.04. The molecule has 0 radical (unpaired) electrons. The molecule has 17 heavy (non-hydrogen) atoms. The first-order valence-corrected chi connectivity index (χ1v) is 5.52. The number of rotatable bonds is 5. The highest BCUT2D eigenvalue weighted by molar-refractivity contribution is 5.87. The smallest absolute Gasteiger partial charge is 0.242 e. The number of aromatic nitrogens is 2. The molecule has 0 bridgehead atoms. The second-order valence-corrected chi connectivity index (χ2v) is 4.27. The first kappa shape index (κ1) is 13.2. The highest BCUT2D eigenvalue weighted by atomic mass is 16.1. The van der Waals surface area contributed by atoms with Crippen LogP contribution in [0, 0.1) is 0 Å². The fourth-order valence-electron chi connectivity index (χ4n) is 1.43. The summed E-state index contributed by atoms with van der Waals surface area (Å²) in [5.74, 6) is 0.963. The van der Waals surface area contributed by atoms with Crippen LogP contribution in [0.3, 0.4) is 0 Å². The zero-order valence-electron chi connectivity index (χ0n) is 10.7. The van der Waals surface area contributed by atoms with Gasteiger partial charge in [-0.05, 0) is 20.3 Å². The van der Waals surface area contributed by atoms with Gasteiger partial charge < -0.3 is 16.4 Å². The van der Waals surface area contributed by atoms with Crippen molar-refractivity contribution in [1.82, 2.24) is 9.97 Å². The van der Waals surface area contributed by atoms with E-state index in [4.69, 9.17) is 5.73 Å². The zero-order valence-corrected chi connectivity index (χ0v) is 10.7. The van der Waals surface area contributed by atoms with Crippen molar-refractivity contribution in [1.29, 1.82) is 0 Å². The zero-order chi connectivity index (χ0) is 13.1. The lowest BCUT2D eigenvalue weighted by molar-refractivity contribution is -0.121. The van der Waals surface area contributed by atoms with Crippen LogP contribution in [0.15, 0.2) is 6.33 Å². The molecule has 6 nitrogen and oxygen atoms in total. The molecule has 0 saturated heterocycles. The fourth-order valence-corrected chi connectivity index (χ4v) is 1.43. The molecule has 0 aliphatic carbocycles. The standard InChI is InChI=1S/C11H19N5O/c1-5-7-8(13-4)14-6-15-9(7)16-11(2,3)10(12)17/h6H,5H2,1-4H3,(H2,12,17)(H2,13,14,15,16). The van der Waals surface area contributed by atoms with Crippen LogP contribution in [0.2, 0.25) is 0 Å². The van der Waals surface area contributed by atoms with Crippen molar-refractivity contribution in [3.05, 3.63) is 11.9 Å². The van der Waals surface area contributed by atoms with Crippen LogP contribution in [0.25, 0.3) is 0 Å². The molecule has 1 amide bonds. The molecule has 0 aliphatic rings. The number of carbonyl (C=O) groups is 1. The van der Waals surface area contributed by atoms with Gasteiger partial charge in [-0.1, -0.05) is 6.92 Å². The Morgan fingerprint density at radius 2 is 2.00 bits per heavy atom. The van der Waals surface area contributed by atoms with Crippen LogP contribution >= 0.6 is 0 Å². The van der Waals surface area contributed by atoms with Crippen molar-refractivity contribution >= 4 is 17.5 Å². The Balaban J connectivity index is 3.10. The molecule has 0 aromatic carbocycles. The van der Waals surface area contributed by atoms with E-state index in [-0.39, 0.29) is 0 Å². The SMILES string of the molecule is CCc1c(NC)ncnc1NC(C)(C)C(N)=O. The van der Waals surface area contributed by atoms with E-state index < -0.39 is 11.4 Å². The molecule has 4 N–H and O–H groups in total. The van der Waals surface area contributed by atoms with E-state index in [2.05, 4.69) is 20.6 Å². The van der Waals surface area contributed by atoms with Crippen LogP contribution < -0.4 is 16.4 Å². The van der Waals surface area contributed by atoms with E-state index in [1.807, 2.05) is 6.92 Å². The quantitative estimate of drug-likeness (QED) is 0.703. The van der Waals surface area contributed by atoms with Crippen LogP contribution in [0.1, 0.15) is 26.3 Å². The second kappa shape index (κ2) is 4.99. The summed E-state index contributed by atoms with van der Waals surface area (Å²) in [6.07, 6.45) is 2.21. The predicted molar refractivity (Wildman–Crippen MR) is 67.9 cm³/mol. The van der Waals surface area contributed by atoms with E-state index in [9.17, 15) is 4.79 Å². The number of primary amides is 1. The molecule has 1 rings (SSSR count). The van der Waals surface area contributed by atoms with Crippen molar-refractivity contribution in [3.8, 4) is 0 Å². The molecule has 1 aromatic rings. The normalized spacial score (nSPS) is 11.1. The first-order valence-electron chi connectivity index (χ1n) is 5.52. The minimum Gasteiger partial charge on any atom is -0.373 e. The maximum atomic E-state index is 11.3. The summed E-state index contributed by atoms with van der Waals surface area (Å²) in [4.78, 5) is 19.6. The summed E-state index contributed by atoms with van der Waals surface area (Å²) in [5.41, 5.74) is 5.41. The number of nitrogens with two attached hydrogens (primary N) is 1. The van der Waals surface area contributed by atoms with Gasteiger partial charge in [-0.3, -0.25) is 4.79 Å². The van der Waals surface area contributed by atoms with Gasteiger partial charge >= 0.3 is 0 Å². The molecular weight excluding hydrogens is 218 g/mol. The number of nitrogens with one attached hydrogen (secondary N) is 2. The lowest BCUT2D eigenvalue weighted by Gasteiger charge is -2.24. The largest absolute Gasteiger partial charge is 0.373 e.